The first-order valence-corrected chi connectivity index (χ1v) is 8.96. The standard InChI is InChI=1S/C23H22O5/c1-25-19-11-13-20(14-12-19)26-15-16-27-23(24)17-28-22-10-6-5-9-21(22)18-7-3-2-4-8-18/h2-14H,15-17H2,1H3. The van der Waals surface area contributed by atoms with Gasteiger partial charge in [0, 0.05) is 5.56 Å². The molecular formula is C23H22O5. The lowest BCUT2D eigenvalue weighted by atomic mass is 10.1. The average molecular weight is 378 g/mol. The summed E-state index contributed by atoms with van der Waals surface area (Å²) in [5.41, 5.74) is 1.96. The molecule has 0 unspecified atom stereocenters. The molecule has 144 valence electrons. The molecule has 0 spiro atoms. The fourth-order valence-corrected chi connectivity index (χ4v) is 2.61. The zero-order valence-electron chi connectivity index (χ0n) is 15.7. The predicted octanol–water partition coefficient (Wildman–Crippen LogP) is 4.36. The molecule has 0 aliphatic rings. The molecule has 0 atom stereocenters. The van der Waals surface area contributed by atoms with Crippen molar-refractivity contribution < 1.29 is 23.7 Å². The molecular weight excluding hydrogens is 356 g/mol. The van der Waals surface area contributed by atoms with E-state index < -0.39 is 5.97 Å². The molecule has 0 radical (unpaired) electrons. The van der Waals surface area contributed by atoms with Crippen LogP contribution in [-0.2, 0) is 9.53 Å². The van der Waals surface area contributed by atoms with E-state index in [-0.39, 0.29) is 19.8 Å². The maximum atomic E-state index is 11.9. The number of para-hydroxylation sites is 1. The van der Waals surface area contributed by atoms with Gasteiger partial charge in [0.2, 0.25) is 0 Å². The third-order valence-electron chi connectivity index (χ3n) is 3.99. The van der Waals surface area contributed by atoms with E-state index in [1.165, 1.54) is 0 Å². The van der Waals surface area contributed by atoms with Crippen molar-refractivity contribution in [1.29, 1.82) is 0 Å². The van der Waals surface area contributed by atoms with Gasteiger partial charge in [-0.3, -0.25) is 0 Å². The average Bonchev–Trinajstić information content (AvgIpc) is 2.76. The number of carbonyl (C=O) groups is 1. The Balaban J connectivity index is 1.43. The molecule has 0 aliphatic carbocycles. The molecule has 5 heteroatoms. The van der Waals surface area contributed by atoms with Crippen molar-refractivity contribution in [3.63, 3.8) is 0 Å². The maximum absolute atomic E-state index is 11.9. The maximum Gasteiger partial charge on any atom is 0.344 e. The Kier molecular flexibility index (Phi) is 6.90. The second-order valence-corrected chi connectivity index (χ2v) is 5.90. The molecule has 3 aromatic rings. The molecule has 0 fully saturated rings. The van der Waals surface area contributed by atoms with Crippen LogP contribution in [0.1, 0.15) is 0 Å². The summed E-state index contributed by atoms with van der Waals surface area (Å²) in [6.45, 7) is 0.250. The quantitative estimate of drug-likeness (QED) is 0.409. The summed E-state index contributed by atoms with van der Waals surface area (Å²) in [6.07, 6.45) is 0. The summed E-state index contributed by atoms with van der Waals surface area (Å²) in [6, 6.07) is 24.7. The number of esters is 1. The smallest absolute Gasteiger partial charge is 0.344 e. The molecule has 0 bridgehead atoms. The van der Waals surface area contributed by atoms with Crippen LogP contribution < -0.4 is 14.2 Å². The van der Waals surface area contributed by atoms with Gasteiger partial charge >= 0.3 is 5.97 Å². The van der Waals surface area contributed by atoms with Crippen LogP contribution in [0.25, 0.3) is 11.1 Å². The van der Waals surface area contributed by atoms with E-state index in [0.29, 0.717) is 11.5 Å². The van der Waals surface area contributed by atoms with Crippen LogP contribution in [0.15, 0.2) is 78.9 Å². The molecule has 0 N–H and O–H groups in total. The minimum absolute atomic E-state index is 0.147. The van der Waals surface area contributed by atoms with E-state index >= 15 is 0 Å². The van der Waals surface area contributed by atoms with Crippen molar-refractivity contribution in [2.24, 2.45) is 0 Å². The van der Waals surface area contributed by atoms with Crippen LogP contribution in [0.2, 0.25) is 0 Å². The van der Waals surface area contributed by atoms with E-state index in [0.717, 1.165) is 16.9 Å². The third-order valence-corrected chi connectivity index (χ3v) is 3.99. The van der Waals surface area contributed by atoms with Gasteiger partial charge in [-0.05, 0) is 35.9 Å². The van der Waals surface area contributed by atoms with E-state index in [9.17, 15) is 4.79 Å². The van der Waals surface area contributed by atoms with Gasteiger partial charge in [0.05, 0.1) is 7.11 Å². The van der Waals surface area contributed by atoms with Gasteiger partial charge in [-0.15, -0.1) is 0 Å². The first-order valence-electron chi connectivity index (χ1n) is 8.96. The van der Waals surface area contributed by atoms with Gasteiger partial charge in [-0.25, -0.2) is 4.79 Å². The second kappa shape index (κ2) is 10.0. The molecule has 0 amide bonds. The Morgan fingerprint density at radius 1 is 0.750 bits per heavy atom. The Morgan fingerprint density at radius 3 is 2.18 bits per heavy atom. The Hall–Kier alpha value is -3.47. The number of hydrogen-bond donors (Lipinski definition) is 0. The Morgan fingerprint density at radius 2 is 1.43 bits per heavy atom. The molecule has 0 heterocycles. The summed E-state index contributed by atoms with van der Waals surface area (Å²) < 4.78 is 21.4. The molecule has 28 heavy (non-hydrogen) atoms. The molecule has 0 aliphatic heterocycles. The molecule has 3 rings (SSSR count). The topological polar surface area (TPSA) is 54.0 Å². The first kappa shape index (κ1) is 19.3. The van der Waals surface area contributed by atoms with Crippen LogP contribution in [0.3, 0.4) is 0 Å². The van der Waals surface area contributed by atoms with Gasteiger partial charge in [0.1, 0.15) is 30.5 Å². The number of carbonyl (C=O) groups excluding carboxylic acids is 1. The largest absolute Gasteiger partial charge is 0.497 e. The SMILES string of the molecule is COc1ccc(OCCOC(=O)COc2ccccc2-c2ccccc2)cc1. The molecule has 5 nitrogen and oxygen atoms in total. The number of rotatable bonds is 9. The summed E-state index contributed by atoms with van der Waals surface area (Å²) >= 11 is 0. The van der Waals surface area contributed by atoms with Gasteiger partial charge in [-0.1, -0.05) is 48.5 Å². The lowest BCUT2D eigenvalue weighted by molar-refractivity contribution is -0.146. The Labute approximate surface area is 164 Å². The molecule has 3 aromatic carbocycles. The normalized spacial score (nSPS) is 10.2. The summed E-state index contributed by atoms with van der Waals surface area (Å²) in [5.74, 6) is 1.64. The molecule has 0 aromatic heterocycles. The van der Waals surface area contributed by atoms with E-state index in [4.69, 9.17) is 18.9 Å². The lowest BCUT2D eigenvalue weighted by Crippen LogP contribution is -2.18. The summed E-state index contributed by atoms with van der Waals surface area (Å²) in [4.78, 5) is 11.9. The minimum Gasteiger partial charge on any atom is -0.497 e. The third kappa shape index (κ3) is 5.51. The van der Waals surface area contributed by atoms with Crippen LogP contribution in [0.5, 0.6) is 17.2 Å². The Bertz CT molecular complexity index is 875. The highest BCUT2D eigenvalue weighted by Gasteiger charge is 2.09. The van der Waals surface area contributed by atoms with Crippen molar-refractivity contribution in [1.82, 2.24) is 0 Å². The number of methoxy groups -OCH3 is 1. The molecule has 0 saturated carbocycles. The van der Waals surface area contributed by atoms with E-state index in [1.54, 1.807) is 31.4 Å². The highest BCUT2D eigenvalue weighted by Crippen LogP contribution is 2.29. The number of hydrogen-bond acceptors (Lipinski definition) is 5. The number of ether oxygens (including phenoxy) is 4. The highest BCUT2D eigenvalue weighted by atomic mass is 16.6. The van der Waals surface area contributed by atoms with E-state index in [1.807, 2.05) is 54.6 Å². The van der Waals surface area contributed by atoms with Gasteiger partial charge in [0.15, 0.2) is 6.61 Å². The predicted molar refractivity (Wildman–Crippen MR) is 107 cm³/mol. The summed E-state index contributed by atoms with van der Waals surface area (Å²) in [5, 5.41) is 0. The van der Waals surface area contributed by atoms with Gasteiger partial charge in [0.25, 0.3) is 0 Å². The van der Waals surface area contributed by atoms with Crippen LogP contribution in [-0.4, -0.2) is 32.9 Å². The van der Waals surface area contributed by atoms with Gasteiger partial charge < -0.3 is 18.9 Å². The van der Waals surface area contributed by atoms with Crippen molar-refractivity contribution in [3.05, 3.63) is 78.9 Å². The fourth-order valence-electron chi connectivity index (χ4n) is 2.61. The monoisotopic (exact) mass is 378 g/mol. The van der Waals surface area contributed by atoms with Gasteiger partial charge in [-0.2, -0.15) is 0 Å². The zero-order chi connectivity index (χ0) is 19.6. The van der Waals surface area contributed by atoms with Crippen LogP contribution >= 0.6 is 0 Å². The molecule has 0 saturated heterocycles. The second-order valence-electron chi connectivity index (χ2n) is 5.90. The van der Waals surface area contributed by atoms with Crippen molar-refractivity contribution in [2.75, 3.05) is 26.9 Å². The van der Waals surface area contributed by atoms with E-state index in [2.05, 4.69) is 0 Å². The minimum atomic E-state index is -0.443. The van der Waals surface area contributed by atoms with Crippen molar-refractivity contribution >= 4 is 5.97 Å². The van der Waals surface area contributed by atoms with Crippen LogP contribution in [0.4, 0.5) is 0 Å². The van der Waals surface area contributed by atoms with Crippen molar-refractivity contribution in [3.8, 4) is 28.4 Å². The highest BCUT2D eigenvalue weighted by molar-refractivity contribution is 5.73. The first-order chi connectivity index (χ1) is 13.8. The number of benzene rings is 3. The fraction of sp³-hybridized carbons (Fsp3) is 0.174. The lowest BCUT2D eigenvalue weighted by Gasteiger charge is -2.12. The summed E-state index contributed by atoms with van der Waals surface area (Å²) in [7, 11) is 1.61. The van der Waals surface area contributed by atoms with Crippen LogP contribution in [0, 0.1) is 0 Å². The zero-order valence-corrected chi connectivity index (χ0v) is 15.7. The van der Waals surface area contributed by atoms with Crippen molar-refractivity contribution in [2.45, 2.75) is 0 Å².